The summed E-state index contributed by atoms with van der Waals surface area (Å²) in [5.74, 6) is -2.15. The lowest BCUT2D eigenvalue weighted by Crippen LogP contribution is -2.55. The predicted octanol–water partition coefficient (Wildman–Crippen LogP) is 4.55. The lowest BCUT2D eigenvalue weighted by atomic mass is 9.85. The minimum atomic E-state index is -2.62. The number of carbonyl (C=O) groups excluding carboxylic acids is 1. The first kappa shape index (κ1) is 21.7. The molecule has 33 heavy (non-hydrogen) atoms. The number of hydrogen-bond acceptors (Lipinski definition) is 5. The van der Waals surface area contributed by atoms with Crippen molar-refractivity contribution in [2.24, 2.45) is 5.92 Å². The van der Waals surface area contributed by atoms with Gasteiger partial charge in [0.2, 0.25) is 11.8 Å². The Kier molecular flexibility index (Phi) is 5.68. The second kappa shape index (κ2) is 8.65. The lowest BCUT2D eigenvalue weighted by molar-refractivity contribution is -0.140. The number of pyridine rings is 1. The van der Waals surface area contributed by atoms with Crippen LogP contribution in [-0.4, -0.2) is 57.6 Å². The molecular formula is C25H27F2N5O. The van der Waals surface area contributed by atoms with Crippen LogP contribution in [0.1, 0.15) is 32.6 Å². The standard InChI is InChI=1S/C25H27F2N5O/c1-17-16-31(24(33)19-7-10-25(26,27)11-8-19)13-14-32(17)23-21-15-28-12-9-20(21)22(29-30-23)18-5-3-2-4-6-18/h2-6,9,12,15,17,19H,7-8,10-11,13-14,16H2,1H3/t17-/m0/s1. The van der Waals surface area contributed by atoms with Crippen molar-refractivity contribution in [3.63, 3.8) is 0 Å². The van der Waals surface area contributed by atoms with Gasteiger partial charge in [-0.05, 0) is 25.8 Å². The van der Waals surface area contributed by atoms with Crippen molar-refractivity contribution in [3.05, 3.63) is 48.8 Å². The predicted molar refractivity (Wildman–Crippen MR) is 123 cm³/mol. The highest BCUT2D eigenvalue weighted by molar-refractivity contribution is 5.99. The summed E-state index contributed by atoms with van der Waals surface area (Å²) >= 11 is 0. The van der Waals surface area contributed by atoms with Crippen LogP contribution in [0.2, 0.25) is 0 Å². The van der Waals surface area contributed by atoms with Gasteiger partial charge in [0.1, 0.15) is 5.69 Å². The quantitative estimate of drug-likeness (QED) is 0.585. The fraction of sp³-hybridized carbons (Fsp3) is 0.440. The number of halogens is 2. The number of carbonyl (C=O) groups is 1. The van der Waals surface area contributed by atoms with Gasteiger partial charge >= 0.3 is 0 Å². The summed E-state index contributed by atoms with van der Waals surface area (Å²) in [6.07, 6.45) is 3.72. The second-order valence-corrected chi connectivity index (χ2v) is 9.12. The zero-order chi connectivity index (χ0) is 23.0. The monoisotopic (exact) mass is 451 g/mol. The molecule has 1 aromatic carbocycles. The molecule has 1 aliphatic carbocycles. The van der Waals surface area contributed by atoms with Gasteiger partial charge in [0.25, 0.3) is 0 Å². The van der Waals surface area contributed by atoms with Crippen LogP contribution in [0.4, 0.5) is 14.6 Å². The van der Waals surface area contributed by atoms with E-state index in [9.17, 15) is 13.6 Å². The summed E-state index contributed by atoms with van der Waals surface area (Å²) in [5.41, 5.74) is 1.81. The molecule has 1 atom stereocenters. The molecule has 5 rings (SSSR count). The molecule has 3 aromatic rings. The maximum absolute atomic E-state index is 13.5. The SMILES string of the molecule is C[C@H]1CN(C(=O)C2CCC(F)(F)CC2)CCN1c1nnc(-c2ccccc2)c2ccncc12. The van der Waals surface area contributed by atoms with E-state index >= 15 is 0 Å². The summed E-state index contributed by atoms with van der Waals surface area (Å²) in [4.78, 5) is 21.3. The number of piperazine rings is 1. The Morgan fingerprint density at radius 1 is 1.03 bits per heavy atom. The zero-order valence-electron chi connectivity index (χ0n) is 18.6. The number of aromatic nitrogens is 3. The second-order valence-electron chi connectivity index (χ2n) is 9.12. The maximum atomic E-state index is 13.5. The van der Waals surface area contributed by atoms with E-state index in [2.05, 4.69) is 27.0 Å². The summed E-state index contributed by atoms with van der Waals surface area (Å²) in [6.45, 7) is 3.75. The largest absolute Gasteiger partial charge is 0.348 e. The molecule has 6 nitrogen and oxygen atoms in total. The molecule has 3 heterocycles. The van der Waals surface area contributed by atoms with Crippen molar-refractivity contribution in [2.75, 3.05) is 24.5 Å². The molecular weight excluding hydrogens is 424 g/mol. The van der Waals surface area contributed by atoms with Crippen LogP contribution in [-0.2, 0) is 4.79 Å². The molecule has 2 aromatic heterocycles. The van der Waals surface area contributed by atoms with E-state index in [-0.39, 0.29) is 43.6 Å². The first-order valence-electron chi connectivity index (χ1n) is 11.5. The highest BCUT2D eigenvalue weighted by atomic mass is 19.3. The number of amides is 1. The van der Waals surface area contributed by atoms with Crippen molar-refractivity contribution in [2.45, 2.75) is 44.6 Å². The van der Waals surface area contributed by atoms with Gasteiger partial charge in [-0.2, -0.15) is 0 Å². The molecule has 0 unspecified atom stereocenters. The van der Waals surface area contributed by atoms with Crippen LogP contribution in [0, 0.1) is 5.92 Å². The van der Waals surface area contributed by atoms with Crippen LogP contribution in [0.3, 0.4) is 0 Å². The number of hydrogen-bond donors (Lipinski definition) is 0. The first-order chi connectivity index (χ1) is 15.9. The Morgan fingerprint density at radius 3 is 2.52 bits per heavy atom. The number of rotatable bonds is 3. The van der Waals surface area contributed by atoms with Crippen molar-refractivity contribution >= 4 is 22.5 Å². The van der Waals surface area contributed by atoms with Gasteiger partial charge < -0.3 is 9.80 Å². The van der Waals surface area contributed by atoms with Crippen molar-refractivity contribution in [1.82, 2.24) is 20.1 Å². The molecule has 172 valence electrons. The normalized spacial score (nSPS) is 21.4. The minimum absolute atomic E-state index is 0.00837. The van der Waals surface area contributed by atoms with E-state index in [1.165, 1.54) is 0 Å². The number of anilines is 1. The molecule has 0 N–H and O–H groups in total. The van der Waals surface area contributed by atoms with Gasteiger partial charge in [-0.1, -0.05) is 30.3 Å². The molecule has 8 heteroatoms. The van der Waals surface area contributed by atoms with Gasteiger partial charge in [-0.25, -0.2) is 8.78 Å². The van der Waals surface area contributed by atoms with Crippen LogP contribution >= 0.6 is 0 Å². The topological polar surface area (TPSA) is 62.2 Å². The molecule has 0 spiro atoms. The highest BCUT2D eigenvalue weighted by Crippen LogP contribution is 2.37. The number of alkyl halides is 2. The summed E-state index contributed by atoms with van der Waals surface area (Å²) < 4.78 is 27.0. The first-order valence-corrected chi connectivity index (χ1v) is 11.5. The van der Waals surface area contributed by atoms with Gasteiger partial charge in [0.15, 0.2) is 5.82 Å². The molecule has 1 aliphatic heterocycles. The van der Waals surface area contributed by atoms with Crippen LogP contribution in [0.15, 0.2) is 48.8 Å². The van der Waals surface area contributed by atoms with E-state index in [0.717, 1.165) is 27.8 Å². The Bertz CT molecular complexity index is 1150. The van der Waals surface area contributed by atoms with E-state index in [1.807, 2.05) is 47.5 Å². The van der Waals surface area contributed by atoms with Gasteiger partial charge in [-0.15, -0.1) is 10.2 Å². The Morgan fingerprint density at radius 2 is 1.79 bits per heavy atom. The van der Waals surface area contributed by atoms with Gasteiger partial charge in [-0.3, -0.25) is 9.78 Å². The smallest absolute Gasteiger partial charge is 0.248 e. The number of nitrogens with zero attached hydrogens (tertiary/aromatic N) is 5. The number of fused-ring (bicyclic) bond motifs is 1. The van der Waals surface area contributed by atoms with E-state index in [4.69, 9.17) is 0 Å². The van der Waals surface area contributed by atoms with Crippen molar-refractivity contribution < 1.29 is 13.6 Å². The molecule has 1 saturated carbocycles. The average Bonchev–Trinajstić information content (AvgIpc) is 2.83. The fourth-order valence-corrected chi connectivity index (χ4v) is 5.02. The maximum Gasteiger partial charge on any atom is 0.248 e. The Hall–Kier alpha value is -3.16. The van der Waals surface area contributed by atoms with Gasteiger partial charge in [0, 0.05) is 73.2 Å². The van der Waals surface area contributed by atoms with Gasteiger partial charge in [0.05, 0.1) is 0 Å². The third-order valence-electron chi connectivity index (χ3n) is 6.89. The van der Waals surface area contributed by atoms with Crippen LogP contribution in [0.5, 0.6) is 0 Å². The Balaban J connectivity index is 1.36. The molecule has 2 fully saturated rings. The minimum Gasteiger partial charge on any atom is -0.348 e. The average molecular weight is 452 g/mol. The van der Waals surface area contributed by atoms with E-state index in [1.54, 1.807) is 6.20 Å². The van der Waals surface area contributed by atoms with Crippen LogP contribution in [0.25, 0.3) is 22.0 Å². The molecule has 1 saturated heterocycles. The fourth-order valence-electron chi connectivity index (χ4n) is 5.02. The van der Waals surface area contributed by atoms with E-state index < -0.39 is 5.92 Å². The summed E-state index contributed by atoms with van der Waals surface area (Å²) in [7, 11) is 0. The Labute approximate surface area is 191 Å². The molecule has 2 aliphatic rings. The number of benzene rings is 1. The van der Waals surface area contributed by atoms with E-state index in [0.29, 0.717) is 19.6 Å². The highest BCUT2D eigenvalue weighted by Gasteiger charge is 2.40. The lowest BCUT2D eigenvalue weighted by Gasteiger charge is -2.42. The molecule has 1 amide bonds. The summed E-state index contributed by atoms with van der Waals surface area (Å²) in [5, 5.41) is 11.0. The summed E-state index contributed by atoms with van der Waals surface area (Å²) in [6, 6.07) is 11.9. The molecule has 0 bridgehead atoms. The third-order valence-corrected chi connectivity index (χ3v) is 6.89. The van der Waals surface area contributed by atoms with Crippen LogP contribution < -0.4 is 4.90 Å². The zero-order valence-corrected chi connectivity index (χ0v) is 18.6. The third kappa shape index (κ3) is 4.26. The van der Waals surface area contributed by atoms with Crippen molar-refractivity contribution in [3.8, 4) is 11.3 Å². The van der Waals surface area contributed by atoms with Crippen molar-refractivity contribution in [1.29, 1.82) is 0 Å². The molecule has 0 radical (unpaired) electrons.